The zero-order valence-corrected chi connectivity index (χ0v) is 16.7. The summed E-state index contributed by atoms with van der Waals surface area (Å²) in [7, 11) is 0. The monoisotopic (exact) mass is 442 g/mol. The van der Waals surface area contributed by atoms with Gasteiger partial charge in [0.05, 0.1) is 28.7 Å². The molecule has 1 amide bonds. The number of amides is 1. The van der Waals surface area contributed by atoms with Crippen molar-refractivity contribution in [3.05, 3.63) is 48.0 Å². The van der Waals surface area contributed by atoms with Gasteiger partial charge < -0.3 is 16.8 Å². The highest BCUT2D eigenvalue weighted by Gasteiger charge is 2.28. The van der Waals surface area contributed by atoms with E-state index in [4.69, 9.17) is 11.5 Å². The maximum absolute atomic E-state index is 12.7. The molecule has 0 saturated heterocycles. The number of H-pyrrole nitrogens is 1. The van der Waals surface area contributed by atoms with Crippen molar-refractivity contribution >= 4 is 28.2 Å². The van der Waals surface area contributed by atoms with Gasteiger partial charge >= 0.3 is 6.18 Å². The van der Waals surface area contributed by atoms with Gasteiger partial charge in [0.2, 0.25) is 0 Å². The molecule has 164 valence electrons. The summed E-state index contributed by atoms with van der Waals surface area (Å²) in [5.41, 5.74) is 13.9. The Balaban J connectivity index is 1.95. The Morgan fingerprint density at radius 2 is 1.97 bits per heavy atom. The Bertz CT molecular complexity index is 1330. The number of fused-ring (bicyclic) bond motifs is 1. The van der Waals surface area contributed by atoms with Crippen molar-refractivity contribution in [3.63, 3.8) is 0 Å². The van der Waals surface area contributed by atoms with Gasteiger partial charge in [0.15, 0.2) is 11.5 Å². The largest absolute Gasteiger partial charge is 0.405 e. The van der Waals surface area contributed by atoms with Crippen LogP contribution in [0.3, 0.4) is 0 Å². The molecule has 0 aliphatic rings. The minimum Gasteiger partial charge on any atom is -0.395 e. The highest BCUT2D eigenvalue weighted by molar-refractivity contribution is 6.04. The topological polar surface area (TPSA) is 148 Å². The van der Waals surface area contributed by atoms with Crippen LogP contribution in [-0.2, 0) is 0 Å². The Hall–Kier alpha value is -4.22. The van der Waals surface area contributed by atoms with Crippen LogP contribution in [0.25, 0.3) is 33.5 Å². The number of alkyl halides is 3. The molecule has 0 unspecified atom stereocenters. The van der Waals surface area contributed by atoms with E-state index in [2.05, 4.69) is 30.5 Å². The van der Waals surface area contributed by atoms with E-state index in [-0.39, 0.29) is 34.2 Å². The van der Waals surface area contributed by atoms with Gasteiger partial charge in [-0.3, -0.25) is 14.9 Å². The van der Waals surface area contributed by atoms with Gasteiger partial charge in [-0.25, -0.2) is 9.97 Å². The summed E-state index contributed by atoms with van der Waals surface area (Å²) in [4.78, 5) is 24.7. The average molecular weight is 442 g/mol. The van der Waals surface area contributed by atoms with E-state index >= 15 is 0 Å². The molecule has 3 aromatic heterocycles. The number of aromatic nitrogens is 5. The number of nitrogens with one attached hydrogen (secondary N) is 2. The first-order valence-electron chi connectivity index (χ1n) is 9.31. The predicted molar refractivity (Wildman–Crippen MR) is 113 cm³/mol. The number of halogens is 3. The number of carbonyl (C=O) groups excluding carboxylic acids is 1. The maximum atomic E-state index is 12.7. The summed E-state index contributed by atoms with van der Waals surface area (Å²) < 4.78 is 38.2. The standard InChI is InChI=1S/C20H17F3N8O/c1-9-2-3-13-10(7-28-31-13)14(9)16-15(24)17(18(25)32)30-19(29-16)11-6-26-5-4-12(11)27-8-20(21,22)23/h2-7H,8,24H2,1H3,(H2,25,32)(H,26,27)(H,28,31). The summed E-state index contributed by atoms with van der Waals surface area (Å²) in [5, 5.41) is 9.87. The first-order valence-corrected chi connectivity index (χ1v) is 9.31. The van der Waals surface area contributed by atoms with Gasteiger partial charge in [-0.2, -0.15) is 18.3 Å². The molecular formula is C20H17F3N8O. The van der Waals surface area contributed by atoms with Crippen LogP contribution in [0.15, 0.2) is 36.8 Å². The number of aromatic amines is 1. The van der Waals surface area contributed by atoms with Crippen LogP contribution >= 0.6 is 0 Å². The second kappa shape index (κ2) is 7.80. The number of hydrogen-bond donors (Lipinski definition) is 4. The number of nitrogen functional groups attached to an aromatic ring is 1. The van der Waals surface area contributed by atoms with E-state index in [0.29, 0.717) is 16.5 Å². The van der Waals surface area contributed by atoms with Crippen molar-refractivity contribution in [1.29, 1.82) is 0 Å². The quantitative estimate of drug-likeness (QED) is 0.371. The molecular weight excluding hydrogens is 425 g/mol. The van der Waals surface area contributed by atoms with Crippen LogP contribution in [0.4, 0.5) is 24.5 Å². The van der Waals surface area contributed by atoms with Gasteiger partial charge in [-0.1, -0.05) is 6.07 Å². The fraction of sp³-hybridized carbons (Fsp3) is 0.150. The lowest BCUT2D eigenvalue weighted by Crippen LogP contribution is -2.22. The van der Waals surface area contributed by atoms with E-state index in [1.165, 1.54) is 18.5 Å². The molecule has 32 heavy (non-hydrogen) atoms. The first kappa shape index (κ1) is 21.0. The van der Waals surface area contributed by atoms with E-state index in [0.717, 1.165) is 5.56 Å². The Kier molecular flexibility index (Phi) is 5.12. The lowest BCUT2D eigenvalue weighted by molar-refractivity contribution is -0.115. The SMILES string of the molecule is Cc1ccc2[nH]ncc2c1-c1nc(-c2cnccc2NCC(F)(F)F)nc(C(N)=O)c1N. The molecule has 9 nitrogen and oxygen atoms in total. The van der Waals surface area contributed by atoms with Gasteiger partial charge in [0, 0.05) is 29.0 Å². The maximum Gasteiger partial charge on any atom is 0.405 e. The van der Waals surface area contributed by atoms with E-state index in [1.54, 1.807) is 6.20 Å². The number of nitrogens with zero attached hydrogens (tertiary/aromatic N) is 4. The molecule has 0 aliphatic heterocycles. The van der Waals surface area contributed by atoms with Gasteiger partial charge in [-0.05, 0) is 24.6 Å². The van der Waals surface area contributed by atoms with Crippen molar-refractivity contribution in [3.8, 4) is 22.6 Å². The normalized spacial score (nSPS) is 11.6. The summed E-state index contributed by atoms with van der Waals surface area (Å²) in [6.45, 7) is 0.551. The molecule has 6 N–H and O–H groups in total. The number of nitrogens with two attached hydrogens (primary N) is 2. The Morgan fingerprint density at radius 3 is 2.69 bits per heavy atom. The number of aryl methyl sites for hydroxylation is 1. The van der Waals surface area contributed by atoms with Gasteiger partial charge in [0.1, 0.15) is 6.54 Å². The minimum atomic E-state index is -4.44. The van der Waals surface area contributed by atoms with Gasteiger partial charge in [0.25, 0.3) is 5.91 Å². The fourth-order valence-electron chi connectivity index (χ4n) is 3.33. The lowest BCUT2D eigenvalue weighted by Gasteiger charge is -2.16. The third-order valence-electron chi connectivity index (χ3n) is 4.79. The molecule has 3 heterocycles. The summed E-state index contributed by atoms with van der Waals surface area (Å²) >= 11 is 0. The number of anilines is 2. The highest BCUT2D eigenvalue weighted by Crippen LogP contribution is 2.36. The molecule has 0 fully saturated rings. The molecule has 1 aromatic carbocycles. The van der Waals surface area contributed by atoms with E-state index in [9.17, 15) is 18.0 Å². The molecule has 0 saturated carbocycles. The van der Waals surface area contributed by atoms with Gasteiger partial charge in [-0.15, -0.1) is 0 Å². The molecule has 0 radical (unpaired) electrons. The van der Waals surface area contributed by atoms with Crippen molar-refractivity contribution in [2.24, 2.45) is 5.73 Å². The van der Waals surface area contributed by atoms with Crippen LogP contribution in [0.5, 0.6) is 0 Å². The zero-order valence-electron chi connectivity index (χ0n) is 16.7. The zero-order chi connectivity index (χ0) is 23.0. The van der Waals surface area contributed by atoms with Crippen LogP contribution < -0.4 is 16.8 Å². The third-order valence-corrected chi connectivity index (χ3v) is 4.79. The summed E-state index contributed by atoms with van der Waals surface area (Å²) in [6.07, 6.45) is -0.237. The van der Waals surface area contributed by atoms with Crippen LogP contribution in [0, 0.1) is 6.92 Å². The van der Waals surface area contributed by atoms with Crippen LogP contribution in [0.1, 0.15) is 16.1 Å². The Labute approximate surface area is 179 Å². The molecule has 0 aliphatic carbocycles. The van der Waals surface area contributed by atoms with Crippen LogP contribution in [0.2, 0.25) is 0 Å². The fourth-order valence-corrected chi connectivity index (χ4v) is 3.33. The third kappa shape index (κ3) is 3.89. The van der Waals surface area contributed by atoms with E-state index in [1.807, 2.05) is 19.1 Å². The number of benzene rings is 1. The smallest absolute Gasteiger partial charge is 0.395 e. The number of carbonyl (C=O) groups is 1. The molecule has 0 spiro atoms. The molecule has 0 atom stereocenters. The number of primary amides is 1. The number of rotatable bonds is 5. The summed E-state index contributed by atoms with van der Waals surface area (Å²) in [6, 6.07) is 5.00. The average Bonchev–Trinajstić information content (AvgIpc) is 3.21. The molecule has 12 heteroatoms. The Morgan fingerprint density at radius 1 is 1.19 bits per heavy atom. The highest BCUT2D eigenvalue weighted by atomic mass is 19.4. The lowest BCUT2D eigenvalue weighted by atomic mass is 9.99. The summed E-state index contributed by atoms with van der Waals surface area (Å²) in [5.74, 6) is -0.959. The van der Waals surface area contributed by atoms with Crippen molar-refractivity contribution in [1.82, 2.24) is 25.1 Å². The van der Waals surface area contributed by atoms with Crippen molar-refractivity contribution in [2.75, 3.05) is 17.6 Å². The van der Waals surface area contributed by atoms with Crippen LogP contribution in [-0.4, -0.2) is 43.8 Å². The second-order valence-corrected chi connectivity index (χ2v) is 7.00. The number of pyridine rings is 1. The molecule has 4 rings (SSSR count). The molecule has 0 bridgehead atoms. The molecule has 4 aromatic rings. The first-order chi connectivity index (χ1) is 15.2. The minimum absolute atomic E-state index is 0.0493. The predicted octanol–water partition coefficient (Wildman–Crippen LogP) is 3.05. The van der Waals surface area contributed by atoms with E-state index < -0.39 is 18.6 Å². The van der Waals surface area contributed by atoms with Crippen molar-refractivity contribution < 1.29 is 18.0 Å². The van der Waals surface area contributed by atoms with Crippen molar-refractivity contribution in [2.45, 2.75) is 13.1 Å². The number of hydrogen-bond acceptors (Lipinski definition) is 7. The second-order valence-electron chi connectivity index (χ2n) is 7.00.